The number of nitrogens with zero attached hydrogens (tertiary/aromatic N) is 1. The lowest BCUT2D eigenvalue weighted by molar-refractivity contribution is 0.102. The molecule has 2 aromatic carbocycles. The number of amides is 1. The van der Waals surface area contributed by atoms with Crippen molar-refractivity contribution >= 4 is 22.6 Å². The number of rotatable bonds is 12. The van der Waals surface area contributed by atoms with Crippen molar-refractivity contribution in [2.45, 2.75) is 73.4 Å². The molecule has 0 aliphatic heterocycles. The SMILES string of the molecule is COc1ccc(C(=O)Nc2cc3ccc(OCCCN(C(C)C)C(C)C)c(C)c3oc2=O)cc1CC=C(C)C. The first-order chi connectivity index (χ1) is 18.5. The minimum absolute atomic E-state index is 0.0877. The first-order valence-electron chi connectivity index (χ1n) is 13.6. The van der Waals surface area contributed by atoms with Crippen molar-refractivity contribution < 1.29 is 18.7 Å². The number of carbonyl (C=O) groups is 1. The third kappa shape index (κ3) is 7.73. The number of hydrogen-bond acceptors (Lipinski definition) is 6. The van der Waals surface area contributed by atoms with Crippen molar-refractivity contribution in [3.63, 3.8) is 0 Å². The molecule has 39 heavy (non-hydrogen) atoms. The summed E-state index contributed by atoms with van der Waals surface area (Å²) in [7, 11) is 1.60. The Hall–Kier alpha value is -3.58. The van der Waals surface area contributed by atoms with Gasteiger partial charge in [-0.25, -0.2) is 4.79 Å². The van der Waals surface area contributed by atoms with E-state index in [9.17, 15) is 9.59 Å². The second-order valence-electron chi connectivity index (χ2n) is 10.6. The summed E-state index contributed by atoms with van der Waals surface area (Å²) in [5.74, 6) is 1.00. The van der Waals surface area contributed by atoms with E-state index in [-0.39, 0.29) is 5.69 Å². The smallest absolute Gasteiger partial charge is 0.360 e. The molecule has 0 saturated heterocycles. The number of anilines is 1. The van der Waals surface area contributed by atoms with Crippen LogP contribution in [0.1, 0.15) is 69.4 Å². The summed E-state index contributed by atoms with van der Waals surface area (Å²) in [5.41, 5.74) is 3.18. The van der Waals surface area contributed by atoms with Gasteiger partial charge in [0.2, 0.25) is 0 Å². The fourth-order valence-electron chi connectivity index (χ4n) is 4.68. The van der Waals surface area contributed by atoms with E-state index in [4.69, 9.17) is 13.9 Å². The molecule has 0 saturated carbocycles. The molecular formula is C32H42N2O5. The summed E-state index contributed by atoms with van der Waals surface area (Å²) >= 11 is 0. The van der Waals surface area contributed by atoms with E-state index in [0.717, 1.165) is 24.1 Å². The van der Waals surface area contributed by atoms with Crippen molar-refractivity contribution in [3.8, 4) is 11.5 Å². The van der Waals surface area contributed by atoms with E-state index in [2.05, 4.69) is 44.0 Å². The fraction of sp³-hybridized carbons (Fsp3) is 0.438. The van der Waals surface area contributed by atoms with E-state index in [1.807, 2.05) is 32.9 Å². The number of fused-ring (bicyclic) bond motifs is 1. The number of allylic oxidation sites excluding steroid dienone is 2. The maximum atomic E-state index is 13.0. The Labute approximate surface area is 231 Å². The Kier molecular flexibility index (Phi) is 10.4. The molecular weight excluding hydrogens is 492 g/mol. The molecule has 0 atom stereocenters. The zero-order valence-corrected chi connectivity index (χ0v) is 24.5. The number of aryl methyl sites for hydroxylation is 1. The van der Waals surface area contributed by atoms with Crippen LogP contribution in [-0.4, -0.2) is 43.2 Å². The van der Waals surface area contributed by atoms with Crippen LogP contribution in [0.15, 0.2) is 57.3 Å². The zero-order chi connectivity index (χ0) is 28.7. The average Bonchev–Trinajstić information content (AvgIpc) is 2.88. The van der Waals surface area contributed by atoms with Crippen LogP contribution in [0, 0.1) is 6.92 Å². The lowest BCUT2D eigenvalue weighted by Gasteiger charge is -2.30. The summed E-state index contributed by atoms with van der Waals surface area (Å²) in [4.78, 5) is 28.3. The highest BCUT2D eigenvalue weighted by molar-refractivity contribution is 6.05. The quantitative estimate of drug-likeness (QED) is 0.157. The Balaban J connectivity index is 1.75. The Morgan fingerprint density at radius 2 is 1.74 bits per heavy atom. The number of methoxy groups -OCH3 is 1. The lowest BCUT2D eigenvalue weighted by Crippen LogP contribution is -2.38. The summed E-state index contributed by atoms with van der Waals surface area (Å²) in [6.07, 6.45) is 3.61. The van der Waals surface area contributed by atoms with Gasteiger partial charge in [0.25, 0.3) is 5.91 Å². The first kappa shape index (κ1) is 30.0. The van der Waals surface area contributed by atoms with E-state index in [1.54, 1.807) is 31.4 Å². The van der Waals surface area contributed by atoms with Crippen molar-refractivity contribution in [3.05, 3.63) is 75.2 Å². The lowest BCUT2D eigenvalue weighted by atomic mass is 10.0. The molecule has 1 N–H and O–H groups in total. The molecule has 1 heterocycles. The molecule has 3 rings (SSSR count). The molecule has 7 nitrogen and oxygen atoms in total. The van der Waals surface area contributed by atoms with Gasteiger partial charge in [-0.3, -0.25) is 9.69 Å². The van der Waals surface area contributed by atoms with Crippen molar-refractivity contribution in [2.24, 2.45) is 0 Å². The van der Waals surface area contributed by atoms with Gasteiger partial charge in [0, 0.05) is 35.1 Å². The molecule has 0 radical (unpaired) electrons. The maximum absolute atomic E-state index is 13.0. The molecule has 0 unspecified atom stereocenters. The molecule has 0 fully saturated rings. The van der Waals surface area contributed by atoms with Crippen molar-refractivity contribution in [2.75, 3.05) is 25.6 Å². The highest BCUT2D eigenvalue weighted by Gasteiger charge is 2.16. The standard InChI is InChI=1S/C32H42N2O5/c1-20(2)10-11-24-18-26(13-15-29(24)37-8)31(35)33-27-19-25-12-14-28(23(7)30(25)39-32(27)36)38-17-9-16-34(21(3)4)22(5)6/h10,12-15,18-19,21-22H,9,11,16-17H2,1-8H3,(H,33,35). The molecule has 7 heteroatoms. The predicted octanol–water partition coefficient (Wildman–Crippen LogP) is 6.76. The van der Waals surface area contributed by atoms with Gasteiger partial charge < -0.3 is 19.2 Å². The van der Waals surface area contributed by atoms with Gasteiger partial charge in [0.05, 0.1) is 13.7 Å². The largest absolute Gasteiger partial charge is 0.496 e. The van der Waals surface area contributed by atoms with Crippen LogP contribution in [0.25, 0.3) is 11.0 Å². The number of nitrogens with one attached hydrogen (secondary N) is 1. The van der Waals surface area contributed by atoms with Crippen LogP contribution < -0.4 is 20.4 Å². The number of ether oxygens (including phenoxy) is 2. The predicted molar refractivity (Wildman–Crippen MR) is 158 cm³/mol. The fourth-order valence-corrected chi connectivity index (χ4v) is 4.68. The number of carbonyl (C=O) groups excluding carboxylic acids is 1. The van der Waals surface area contributed by atoms with Gasteiger partial charge >= 0.3 is 5.63 Å². The van der Waals surface area contributed by atoms with E-state index in [0.29, 0.717) is 53.1 Å². The average molecular weight is 535 g/mol. The second-order valence-corrected chi connectivity index (χ2v) is 10.6. The van der Waals surface area contributed by atoms with Gasteiger partial charge in [-0.05, 0) is 103 Å². The molecule has 1 aromatic heterocycles. The third-order valence-corrected chi connectivity index (χ3v) is 6.77. The third-order valence-electron chi connectivity index (χ3n) is 6.77. The summed E-state index contributed by atoms with van der Waals surface area (Å²) in [5, 5.41) is 3.42. The molecule has 0 spiro atoms. The highest BCUT2D eigenvalue weighted by atomic mass is 16.5. The van der Waals surface area contributed by atoms with Crippen LogP contribution in [0.2, 0.25) is 0 Å². The van der Waals surface area contributed by atoms with Crippen LogP contribution in [0.3, 0.4) is 0 Å². The zero-order valence-electron chi connectivity index (χ0n) is 24.5. The van der Waals surface area contributed by atoms with Crippen LogP contribution in [0.4, 0.5) is 5.69 Å². The Morgan fingerprint density at radius 1 is 1.05 bits per heavy atom. The maximum Gasteiger partial charge on any atom is 0.360 e. The molecule has 1 amide bonds. The highest BCUT2D eigenvalue weighted by Crippen LogP contribution is 2.28. The van der Waals surface area contributed by atoms with Crippen molar-refractivity contribution in [1.82, 2.24) is 4.90 Å². The summed E-state index contributed by atoms with van der Waals surface area (Å²) in [6.45, 7) is 16.2. The molecule has 210 valence electrons. The van der Waals surface area contributed by atoms with Gasteiger partial charge in [0.15, 0.2) is 0 Å². The van der Waals surface area contributed by atoms with Gasteiger partial charge in [-0.2, -0.15) is 0 Å². The number of benzene rings is 2. The molecule has 0 bridgehead atoms. The van der Waals surface area contributed by atoms with E-state index < -0.39 is 11.5 Å². The van der Waals surface area contributed by atoms with Crippen molar-refractivity contribution in [1.29, 1.82) is 0 Å². The topological polar surface area (TPSA) is 81.0 Å². The summed E-state index contributed by atoms with van der Waals surface area (Å²) < 4.78 is 17.1. The summed E-state index contributed by atoms with van der Waals surface area (Å²) in [6, 6.07) is 11.5. The first-order valence-corrected chi connectivity index (χ1v) is 13.6. The second kappa shape index (κ2) is 13.5. The molecule has 0 aliphatic rings. The van der Waals surface area contributed by atoms with Gasteiger partial charge in [-0.1, -0.05) is 11.6 Å². The monoisotopic (exact) mass is 534 g/mol. The van der Waals surface area contributed by atoms with E-state index >= 15 is 0 Å². The Morgan fingerprint density at radius 3 is 2.38 bits per heavy atom. The molecule has 0 aliphatic carbocycles. The normalized spacial score (nSPS) is 11.4. The van der Waals surface area contributed by atoms with Crippen LogP contribution in [-0.2, 0) is 6.42 Å². The Bertz CT molecular complexity index is 1380. The van der Waals surface area contributed by atoms with Gasteiger partial charge in [0.1, 0.15) is 22.8 Å². The minimum Gasteiger partial charge on any atom is -0.496 e. The molecule has 3 aromatic rings. The van der Waals surface area contributed by atoms with Crippen LogP contribution in [0.5, 0.6) is 11.5 Å². The van der Waals surface area contributed by atoms with Gasteiger partial charge in [-0.15, -0.1) is 0 Å². The van der Waals surface area contributed by atoms with Crippen LogP contribution >= 0.6 is 0 Å². The van der Waals surface area contributed by atoms with E-state index in [1.165, 1.54) is 5.57 Å². The number of hydrogen-bond donors (Lipinski definition) is 1. The minimum atomic E-state index is -0.612.